The first kappa shape index (κ1) is 15.0. The van der Waals surface area contributed by atoms with Crippen LogP contribution in [0.25, 0.3) is 10.9 Å². The normalized spacial score (nSPS) is 10.8. The summed E-state index contributed by atoms with van der Waals surface area (Å²) in [5.41, 5.74) is 0.961. The number of para-hydroxylation sites is 1. The molecule has 0 unspecified atom stereocenters. The first-order chi connectivity index (χ1) is 11.1. The van der Waals surface area contributed by atoms with Crippen molar-refractivity contribution in [3.63, 3.8) is 0 Å². The van der Waals surface area contributed by atoms with Gasteiger partial charge in [-0.15, -0.1) is 0 Å². The molecule has 0 spiro atoms. The highest BCUT2D eigenvalue weighted by atomic mass is 16.5. The zero-order valence-corrected chi connectivity index (χ0v) is 12.5. The molecule has 0 aliphatic carbocycles. The Morgan fingerprint density at radius 3 is 2.96 bits per heavy atom. The Morgan fingerprint density at radius 2 is 2.17 bits per heavy atom. The van der Waals surface area contributed by atoms with Crippen LogP contribution < -0.4 is 5.56 Å². The van der Waals surface area contributed by atoms with E-state index >= 15 is 0 Å². The first-order valence-electron chi connectivity index (χ1n) is 7.17. The molecule has 3 aromatic rings. The van der Waals surface area contributed by atoms with E-state index in [9.17, 15) is 9.59 Å². The van der Waals surface area contributed by atoms with E-state index in [0.29, 0.717) is 34.6 Å². The molecule has 2 heterocycles. The standard InChI is InChI=1S/C16H15N3O4/c1-10-8-11(19-23-10)9-22-15(20)7-6-14-17-13-5-3-2-4-12(13)16(21)18-14/h2-5,8H,6-7,9H2,1H3,(H,17,18,21). The summed E-state index contributed by atoms with van der Waals surface area (Å²) in [5.74, 6) is 0.735. The second-order valence-electron chi connectivity index (χ2n) is 5.12. The molecule has 118 valence electrons. The molecule has 1 aromatic carbocycles. The molecule has 0 amide bonds. The third-order valence-electron chi connectivity index (χ3n) is 3.29. The summed E-state index contributed by atoms with van der Waals surface area (Å²) in [5, 5.41) is 4.27. The number of fused-ring (bicyclic) bond motifs is 1. The lowest BCUT2D eigenvalue weighted by Gasteiger charge is -2.04. The van der Waals surface area contributed by atoms with Crippen LogP contribution >= 0.6 is 0 Å². The predicted molar refractivity (Wildman–Crippen MR) is 81.7 cm³/mol. The lowest BCUT2D eigenvalue weighted by molar-refractivity contribution is -0.145. The van der Waals surface area contributed by atoms with Gasteiger partial charge in [0.1, 0.15) is 23.9 Å². The van der Waals surface area contributed by atoms with Crippen LogP contribution in [-0.4, -0.2) is 21.1 Å². The van der Waals surface area contributed by atoms with E-state index in [1.165, 1.54) is 0 Å². The van der Waals surface area contributed by atoms with Crippen molar-refractivity contribution in [2.24, 2.45) is 0 Å². The minimum absolute atomic E-state index is 0.0673. The Bertz CT molecular complexity index is 897. The minimum atomic E-state index is -0.388. The Hall–Kier alpha value is -2.96. The lowest BCUT2D eigenvalue weighted by atomic mass is 10.2. The maximum atomic E-state index is 11.9. The zero-order chi connectivity index (χ0) is 16.2. The number of carbonyl (C=O) groups is 1. The second kappa shape index (κ2) is 6.43. The van der Waals surface area contributed by atoms with Crippen molar-refractivity contribution in [3.05, 3.63) is 58.0 Å². The average Bonchev–Trinajstić information content (AvgIpc) is 2.96. The molecule has 0 saturated carbocycles. The number of aromatic nitrogens is 3. The molecular weight excluding hydrogens is 298 g/mol. The van der Waals surface area contributed by atoms with Gasteiger partial charge in [0, 0.05) is 12.5 Å². The number of ether oxygens (including phenoxy) is 1. The molecule has 3 rings (SSSR count). The summed E-state index contributed by atoms with van der Waals surface area (Å²) in [4.78, 5) is 30.7. The molecule has 0 aliphatic rings. The Labute approximate surface area is 131 Å². The molecule has 0 bridgehead atoms. The molecule has 7 heteroatoms. The van der Waals surface area contributed by atoms with E-state index in [1.54, 1.807) is 31.2 Å². The van der Waals surface area contributed by atoms with Crippen molar-refractivity contribution in [1.29, 1.82) is 0 Å². The van der Waals surface area contributed by atoms with E-state index in [-0.39, 0.29) is 24.6 Å². The van der Waals surface area contributed by atoms with Gasteiger partial charge in [0.25, 0.3) is 5.56 Å². The number of carbonyl (C=O) groups excluding carboxylic acids is 1. The fourth-order valence-corrected chi connectivity index (χ4v) is 2.19. The highest BCUT2D eigenvalue weighted by Gasteiger charge is 2.09. The number of benzene rings is 1. The number of nitrogens with zero attached hydrogens (tertiary/aromatic N) is 2. The number of H-pyrrole nitrogens is 1. The van der Waals surface area contributed by atoms with Crippen molar-refractivity contribution in [2.75, 3.05) is 0 Å². The first-order valence-corrected chi connectivity index (χ1v) is 7.17. The van der Waals surface area contributed by atoms with Crippen molar-refractivity contribution in [1.82, 2.24) is 15.1 Å². The number of aryl methyl sites for hydroxylation is 2. The summed E-state index contributed by atoms with van der Waals surface area (Å²) >= 11 is 0. The maximum Gasteiger partial charge on any atom is 0.306 e. The van der Waals surface area contributed by atoms with Crippen LogP contribution in [0.3, 0.4) is 0 Å². The van der Waals surface area contributed by atoms with Gasteiger partial charge in [0.2, 0.25) is 0 Å². The number of nitrogens with one attached hydrogen (secondary N) is 1. The van der Waals surface area contributed by atoms with Crippen molar-refractivity contribution in [2.45, 2.75) is 26.4 Å². The fraction of sp³-hybridized carbons (Fsp3) is 0.250. The SMILES string of the molecule is Cc1cc(COC(=O)CCc2nc3ccccc3c(=O)[nH]2)no1. The monoisotopic (exact) mass is 313 g/mol. The molecule has 0 radical (unpaired) electrons. The molecule has 0 atom stereocenters. The van der Waals surface area contributed by atoms with Crippen LogP contribution in [0.4, 0.5) is 0 Å². The minimum Gasteiger partial charge on any atom is -0.459 e. The summed E-state index contributed by atoms with van der Waals surface area (Å²) in [6.07, 6.45) is 0.425. The second-order valence-corrected chi connectivity index (χ2v) is 5.12. The molecule has 2 aromatic heterocycles. The number of hydrogen-bond donors (Lipinski definition) is 1. The number of rotatable bonds is 5. The smallest absolute Gasteiger partial charge is 0.306 e. The van der Waals surface area contributed by atoms with E-state index in [1.807, 2.05) is 6.07 Å². The number of hydrogen-bond acceptors (Lipinski definition) is 6. The summed E-state index contributed by atoms with van der Waals surface area (Å²) < 4.78 is 9.99. The zero-order valence-electron chi connectivity index (χ0n) is 12.5. The third kappa shape index (κ3) is 3.63. The average molecular weight is 313 g/mol. The summed E-state index contributed by atoms with van der Waals surface area (Å²) in [6.45, 7) is 1.83. The third-order valence-corrected chi connectivity index (χ3v) is 3.29. The van der Waals surface area contributed by atoms with Gasteiger partial charge in [-0.3, -0.25) is 9.59 Å². The van der Waals surface area contributed by atoms with E-state index in [0.717, 1.165) is 0 Å². The Balaban J connectivity index is 1.59. The van der Waals surface area contributed by atoms with Crippen LogP contribution in [0, 0.1) is 6.92 Å². The summed E-state index contributed by atoms with van der Waals surface area (Å²) in [7, 11) is 0. The van der Waals surface area contributed by atoms with Crippen LogP contribution in [-0.2, 0) is 22.6 Å². The van der Waals surface area contributed by atoms with Crippen molar-refractivity contribution >= 4 is 16.9 Å². The van der Waals surface area contributed by atoms with E-state index < -0.39 is 0 Å². The van der Waals surface area contributed by atoms with Crippen LogP contribution in [0.1, 0.15) is 23.7 Å². The predicted octanol–water partition coefficient (Wildman–Crippen LogP) is 1.90. The van der Waals surface area contributed by atoms with Gasteiger partial charge in [0.05, 0.1) is 17.3 Å². The molecule has 0 fully saturated rings. The molecular formula is C16H15N3O4. The number of esters is 1. The van der Waals surface area contributed by atoms with Crippen molar-refractivity contribution < 1.29 is 14.1 Å². The lowest BCUT2D eigenvalue weighted by Crippen LogP contribution is -2.14. The van der Waals surface area contributed by atoms with Gasteiger partial charge < -0.3 is 14.2 Å². The van der Waals surface area contributed by atoms with Crippen LogP contribution in [0.2, 0.25) is 0 Å². The van der Waals surface area contributed by atoms with E-state index in [4.69, 9.17) is 9.26 Å². The molecule has 7 nitrogen and oxygen atoms in total. The van der Waals surface area contributed by atoms with Gasteiger partial charge in [-0.05, 0) is 19.1 Å². The molecule has 0 aliphatic heterocycles. The quantitative estimate of drug-likeness (QED) is 0.722. The largest absolute Gasteiger partial charge is 0.459 e. The van der Waals surface area contributed by atoms with Crippen LogP contribution in [0.5, 0.6) is 0 Å². The topological polar surface area (TPSA) is 98.1 Å². The Morgan fingerprint density at radius 1 is 1.35 bits per heavy atom. The van der Waals surface area contributed by atoms with Gasteiger partial charge in [-0.2, -0.15) is 0 Å². The maximum absolute atomic E-state index is 11.9. The highest BCUT2D eigenvalue weighted by Crippen LogP contribution is 2.08. The highest BCUT2D eigenvalue weighted by molar-refractivity contribution is 5.77. The van der Waals surface area contributed by atoms with Crippen molar-refractivity contribution in [3.8, 4) is 0 Å². The van der Waals surface area contributed by atoms with E-state index in [2.05, 4.69) is 15.1 Å². The fourth-order valence-electron chi connectivity index (χ4n) is 2.19. The van der Waals surface area contributed by atoms with Gasteiger partial charge in [0.15, 0.2) is 0 Å². The van der Waals surface area contributed by atoms with Gasteiger partial charge in [-0.25, -0.2) is 4.98 Å². The molecule has 23 heavy (non-hydrogen) atoms. The van der Waals surface area contributed by atoms with Crippen LogP contribution in [0.15, 0.2) is 39.6 Å². The summed E-state index contributed by atoms with van der Waals surface area (Å²) in [6, 6.07) is 8.77. The number of aromatic amines is 1. The van der Waals surface area contributed by atoms with Gasteiger partial charge >= 0.3 is 5.97 Å². The molecule has 1 N–H and O–H groups in total. The van der Waals surface area contributed by atoms with Gasteiger partial charge in [-0.1, -0.05) is 17.3 Å². The Kier molecular flexibility index (Phi) is 4.18. The molecule has 0 saturated heterocycles.